The molecule has 0 aliphatic rings. The van der Waals surface area contributed by atoms with Crippen LogP contribution in [0.2, 0.25) is 0 Å². The third-order valence-electron chi connectivity index (χ3n) is 3.33. The van der Waals surface area contributed by atoms with E-state index in [2.05, 4.69) is 36.1 Å². The summed E-state index contributed by atoms with van der Waals surface area (Å²) in [6.07, 6.45) is 1.85. The van der Waals surface area contributed by atoms with Crippen molar-refractivity contribution in [2.75, 3.05) is 30.6 Å². The first-order valence-electron chi connectivity index (χ1n) is 7.18. The quantitative estimate of drug-likeness (QED) is 0.560. The molecule has 0 fully saturated rings. The van der Waals surface area contributed by atoms with E-state index in [4.69, 9.17) is 15.6 Å². The highest BCUT2D eigenvalue weighted by atomic mass is 16.5. The molecule has 0 bridgehead atoms. The SMILES string of the molecule is CCCc1nc(NN)c(C)c(N(CC)C(C)COC)n1. The van der Waals surface area contributed by atoms with Crippen molar-refractivity contribution in [3.05, 3.63) is 11.4 Å². The Labute approximate surface area is 121 Å². The normalized spacial score (nSPS) is 12.3. The topological polar surface area (TPSA) is 76.3 Å². The number of aryl methyl sites for hydroxylation is 1. The van der Waals surface area contributed by atoms with Crippen molar-refractivity contribution >= 4 is 11.6 Å². The number of nitrogen functional groups attached to an aromatic ring is 1. The Bertz CT molecular complexity index is 424. The molecule has 1 atom stereocenters. The summed E-state index contributed by atoms with van der Waals surface area (Å²) in [7, 11) is 1.71. The van der Waals surface area contributed by atoms with Crippen LogP contribution in [0.1, 0.15) is 38.6 Å². The van der Waals surface area contributed by atoms with E-state index in [0.29, 0.717) is 12.4 Å². The average molecular weight is 281 g/mol. The molecule has 0 saturated heterocycles. The third kappa shape index (κ3) is 3.80. The molecule has 0 saturated carbocycles. The van der Waals surface area contributed by atoms with Gasteiger partial charge in [-0.1, -0.05) is 6.92 Å². The second-order valence-electron chi connectivity index (χ2n) is 4.92. The summed E-state index contributed by atoms with van der Waals surface area (Å²) in [6.45, 7) is 9.86. The van der Waals surface area contributed by atoms with Gasteiger partial charge in [-0.25, -0.2) is 15.8 Å². The number of methoxy groups -OCH3 is 1. The molecule has 0 aliphatic heterocycles. The molecule has 20 heavy (non-hydrogen) atoms. The number of likely N-dealkylation sites (N-methyl/N-ethyl adjacent to an activating group) is 1. The predicted molar refractivity (Wildman–Crippen MR) is 82.9 cm³/mol. The van der Waals surface area contributed by atoms with E-state index >= 15 is 0 Å². The Morgan fingerprint density at radius 2 is 2.05 bits per heavy atom. The summed E-state index contributed by atoms with van der Waals surface area (Å²) in [5, 5.41) is 0. The number of rotatable bonds is 8. The van der Waals surface area contributed by atoms with Crippen molar-refractivity contribution in [3.8, 4) is 0 Å². The number of hydrogen-bond donors (Lipinski definition) is 2. The van der Waals surface area contributed by atoms with Gasteiger partial charge in [-0.15, -0.1) is 0 Å². The van der Waals surface area contributed by atoms with Crippen LogP contribution in [0.15, 0.2) is 0 Å². The first-order chi connectivity index (χ1) is 9.58. The number of nitrogens with two attached hydrogens (primary N) is 1. The number of hydrazine groups is 1. The van der Waals surface area contributed by atoms with Gasteiger partial charge in [-0.3, -0.25) is 0 Å². The highest BCUT2D eigenvalue weighted by Crippen LogP contribution is 2.25. The second-order valence-corrected chi connectivity index (χ2v) is 4.92. The minimum atomic E-state index is 0.249. The van der Waals surface area contributed by atoms with E-state index in [1.165, 1.54) is 0 Å². The zero-order valence-electron chi connectivity index (χ0n) is 13.2. The summed E-state index contributed by atoms with van der Waals surface area (Å²) >= 11 is 0. The van der Waals surface area contributed by atoms with E-state index in [-0.39, 0.29) is 6.04 Å². The third-order valence-corrected chi connectivity index (χ3v) is 3.33. The summed E-state index contributed by atoms with van der Waals surface area (Å²) in [6, 6.07) is 0.249. The van der Waals surface area contributed by atoms with Gasteiger partial charge in [-0.05, 0) is 27.2 Å². The fraction of sp³-hybridized carbons (Fsp3) is 0.714. The smallest absolute Gasteiger partial charge is 0.148 e. The number of hydrogen-bond acceptors (Lipinski definition) is 6. The number of nitrogens with one attached hydrogen (secondary N) is 1. The van der Waals surface area contributed by atoms with Gasteiger partial charge in [0.2, 0.25) is 0 Å². The maximum absolute atomic E-state index is 5.58. The van der Waals surface area contributed by atoms with E-state index in [0.717, 1.165) is 36.6 Å². The van der Waals surface area contributed by atoms with E-state index < -0.39 is 0 Å². The van der Waals surface area contributed by atoms with Gasteiger partial charge in [-0.2, -0.15) is 0 Å². The Morgan fingerprint density at radius 3 is 2.55 bits per heavy atom. The van der Waals surface area contributed by atoms with E-state index in [1.54, 1.807) is 7.11 Å². The fourth-order valence-corrected chi connectivity index (χ4v) is 2.31. The van der Waals surface area contributed by atoms with Crippen LogP contribution in [0.25, 0.3) is 0 Å². The molecule has 1 rings (SSSR count). The number of nitrogens with zero attached hydrogens (tertiary/aromatic N) is 3. The van der Waals surface area contributed by atoms with Gasteiger partial charge < -0.3 is 15.1 Å². The minimum Gasteiger partial charge on any atom is -0.383 e. The molecule has 0 aliphatic carbocycles. The van der Waals surface area contributed by atoms with Gasteiger partial charge in [0.15, 0.2) is 0 Å². The van der Waals surface area contributed by atoms with Gasteiger partial charge in [0, 0.05) is 25.6 Å². The molecule has 0 radical (unpaired) electrons. The van der Waals surface area contributed by atoms with Crippen molar-refractivity contribution in [1.29, 1.82) is 0 Å². The molecule has 114 valence electrons. The van der Waals surface area contributed by atoms with Crippen molar-refractivity contribution in [3.63, 3.8) is 0 Å². The van der Waals surface area contributed by atoms with Crippen LogP contribution in [0.3, 0.4) is 0 Å². The predicted octanol–water partition coefficient (Wildman–Crippen LogP) is 1.88. The number of ether oxygens (including phenoxy) is 1. The zero-order chi connectivity index (χ0) is 15.1. The summed E-state index contributed by atoms with van der Waals surface area (Å²) in [4.78, 5) is 11.4. The second kappa shape index (κ2) is 8.01. The Hall–Kier alpha value is -1.40. The molecule has 6 heteroatoms. The molecule has 0 spiro atoms. The average Bonchev–Trinajstić information content (AvgIpc) is 2.43. The van der Waals surface area contributed by atoms with Crippen LogP contribution < -0.4 is 16.2 Å². The van der Waals surface area contributed by atoms with Crippen LogP contribution in [0, 0.1) is 6.92 Å². The maximum Gasteiger partial charge on any atom is 0.148 e. The fourth-order valence-electron chi connectivity index (χ4n) is 2.31. The first kappa shape index (κ1) is 16.7. The molecule has 1 aromatic heterocycles. The summed E-state index contributed by atoms with van der Waals surface area (Å²) < 4.78 is 5.26. The molecule has 0 amide bonds. The molecule has 3 N–H and O–H groups in total. The Kier molecular flexibility index (Phi) is 6.67. The van der Waals surface area contributed by atoms with Gasteiger partial charge in [0.25, 0.3) is 0 Å². The molecule has 6 nitrogen and oxygen atoms in total. The van der Waals surface area contributed by atoms with Crippen LogP contribution in [0.5, 0.6) is 0 Å². The Balaban J connectivity index is 3.21. The maximum atomic E-state index is 5.58. The van der Waals surface area contributed by atoms with Crippen LogP contribution in [0.4, 0.5) is 11.6 Å². The number of anilines is 2. The van der Waals surface area contributed by atoms with Crippen molar-refractivity contribution < 1.29 is 4.74 Å². The lowest BCUT2D eigenvalue weighted by Crippen LogP contribution is -2.37. The van der Waals surface area contributed by atoms with Gasteiger partial charge in [0.1, 0.15) is 17.5 Å². The van der Waals surface area contributed by atoms with Crippen LogP contribution in [-0.4, -0.2) is 36.3 Å². The molecule has 1 unspecified atom stereocenters. The van der Waals surface area contributed by atoms with E-state index in [9.17, 15) is 0 Å². The largest absolute Gasteiger partial charge is 0.383 e. The molecule has 0 aromatic carbocycles. The van der Waals surface area contributed by atoms with Crippen LogP contribution >= 0.6 is 0 Å². The van der Waals surface area contributed by atoms with Gasteiger partial charge in [0.05, 0.1) is 12.6 Å². The lowest BCUT2D eigenvalue weighted by Gasteiger charge is -2.30. The zero-order valence-corrected chi connectivity index (χ0v) is 13.2. The highest BCUT2D eigenvalue weighted by Gasteiger charge is 2.19. The van der Waals surface area contributed by atoms with Crippen molar-refractivity contribution in [1.82, 2.24) is 9.97 Å². The first-order valence-corrected chi connectivity index (χ1v) is 7.18. The molecule has 1 heterocycles. The Morgan fingerprint density at radius 1 is 1.35 bits per heavy atom. The monoisotopic (exact) mass is 281 g/mol. The lowest BCUT2D eigenvalue weighted by molar-refractivity contribution is 0.181. The van der Waals surface area contributed by atoms with Crippen molar-refractivity contribution in [2.45, 2.75) is 46.6 Å². The standard InChI is InChI=1S/C14H27N5O/c1-6-8-12-16-13(18-15)11(4)14(17-12)19(7-2)10(3)9-20-5/h10H,6-9,15H2,1-5H3,(H,16,17,18). The van der Waals surface area contributed by atoms with Gasteiger partial charge >= 0.3 is 0 Å². The molecular weight excluding hydrogens is 254 g/mol. The number of aromatic nitrogens is 2. The molecule has 1 aromatic rings. The summed E-state index contributed by atoms with van der Waals surface area (Å²) in [5.74, 6) is 8.03. The van der Waals surface area contributed by atoms with Crippen molar-refractivity contribution in [2.24, 2.45) is 5.84 Å². The highest BCUT2D eigenvalue weighted by molar-refractivity contribution is 5.58. The summed E-state index contributed by atoms with van der Waals surface area (Å²) in [5.41, 5.74) is 3.64. The lowest BCUT2D eigenvalue weighted by atomic mass is 10.2. The molecular formula is C14H27N5O. The van der Waals surface area contributed by atoms with Crippen LogP contribution in [-0.2, 0) is 11.2 Å². The van der Waals surface area contributed by atoms with E-state index in [1.807, 2.05) is 6.92 Å². The minimum absolute atomic E-state index is 0.249.